The summed E-state index contributed by atoms with van der Waals surface area (Å²) in [5, 5.41) is 7.23. The van der Waals surface area contributed by atoms with Crippen molar-refractivity contribution in [3.8, 4) is 16.3 Å². The molecule has 0 aliphatic rings. The lowest BCUT2D eigenvalue weighted by atomic mass is 10.3. The second-order valence-corrected chi connectivity index (χ2v) is 6.84. The Bertz CT molecular complexity index is 913. The zero-order chi connectivity index (χ0) is 17.1. The van der Waals surface area contributed by atoms with Gasteiger partial charge >= 0.3 is 0 Å². The van der Waals surface area contributed by atoms with Crippen molar-refractivity contribution in [3.63, 3.8) is 0 Å². The number of methoxy groups -OCH3 is 1. The Morgan fingerprint density at radius 2 is 2.25 bits per heavy atom. The Labute approximate surface area is 146 Å². The Morgan fingerprint density at radius 1 is 1.42 bits per heavy atom. The summed E-state index contributed by atoms with van der Waals surface area (Å²) in [6.45, 7) is 1.85. The fourth-order valence-corrected chi connectivity index (χ4v) is 3.64. The number of hydrogen-bond acceptors (Lipinski definition) is 6. The number of nitrogens with zero attached hydrogens (tertiary/aromatic N) is 2. The molecular formula is C16H15N3O3S2. The molecule has 3 heterocycles. The molecule has 0 spiro atoms. The predicted molar refractivity (Wildman–Crippen MR) is 96.0 cm³/mol. The SMILES string of the molecule is COc1cn(CC(=O)Nc2nc(-c3cccs3)cs2)c(C)cc1=O. The van der Waals surface area contributed by atoms with E-state index in [1.165, 1.54) is 30.7 Å². The number of aromatic nitrogens is 2. The molecule has 124 valence electrons. The highest BCUT2D eigenvalue weighted by Crippen LogP contribution is 2.28. The highest BCUT2D eigenvalue weighted by atomic mass is 32.1. The van der Waals surface area contributed by atoms with Crippen LogP contribution in [0.15, 0.2) is 40.0 Å². The van der Waals surface area contributed by atoms with E-state index in [-0.39, 0.29) is 23.6 Å². The molecule has 6 nitrogen and oxygen atoms in total. The summed E-state index contributed by atoms with van der Waals surface area (Å²) in [4.78, 5) is 29.4. The minimum atomic E-state index is -0.212. The number of thiophene rings is 1. The van der Waals surface area contributed by atoms with Crippen LogP contribution in [0.4, 0.5) is 5.13 Å². The monoisotopic (exact) mass is 361 g/mol. The van der Waals surface area contributed by atoms with Crippen LogP contribution < -0.4 is 15.5 Å². The number of carbonyl (C=O) groups excluding carboxylic acids is 1. The summed E-state index contributed by atoms with van der Waals surface area (Å²) in [6, 6.07) is 5.40. The molecule has 1 N–H and O–H groups in total. The number of pyridine rings is 1. The molecule has 3 aromatic heterocycles. The van der Waals surface area contributed by atoms with E-state index in [1.807, 2.05) is 22.9 Å². The fraction of sp³-hybridized carbons (Fsp3) is 0.188. The molecular weight excluding hydrogens is 346 g/mol. The van der Waals surface area contributed by atoms with Gasteiger partial charge in [0.15, 0.2) is 10.9 Å². The Kier molecular flexibility index (Phi) is 4.77. The van der Waals surface area contributed by atoms with E-state index in [9.17, 15) is 9.59 Å². The maximum atomic E-state index is 12.2. The first-order valence-electron chi connectivity index (χ1n) is 7.11. The Hall–Kier alpha value is -2.45. The van der Waals surface area contributed by atoms with Gasteiger partial charge in [-0.3, -0.25) is 9.59 Å². The number of hydrogen-bond donors (Lipinski definition) is 1. The average molecular weight is 361 g/mol. The lowest BCUT2D eigenvalue weighted by molar-refractivity contribution is -0.116. The van der Waals surface area contributed by atoms with Crippen LogP contribution in [0.2, 0.25) is 0 Å². The van der Waals surface area contributed by atoms with Gasteiger partial charge in [0.1, 0.15) is 6.54 Å². The minimum absolute atomic E-state index is 0.0798. The molecule has 0 aliphatic heterocycles. The highest BCUT2D eigenvalue weighted by Gasteiger charge is 2.11. The van der Waals surface area contributed by atoms with Crippen LogP contribution in [0.5, 0.6) is 5.75 Å². The second kappa shape index (κ2) is 6.98. The highest BCUT2D eigenvalue weighted by molar-refractivity contribution is 7.16. The van der Waals surface area contributed by atoms with Gasteiger partial charge in [0.25, 0.3) is 0 Å². The third kappa shape index (κ3) is 3.55. The van der Waals surface area contributed by atoms with Crippen molar-refractivity contribution >= 4 is 33.7 Å². The second-order valence-electron chi connectivity index (χ2n) is 5.04. The van der Waals surface area contributed by atoms with E-state index < -0.39 is 0 Å². The summed E-state index contributed by atoms with van der Waals surface area (Å²) >= 11 is 2.98. The zero-order valence-electron chi connectivity index (χ0n) is 13.1. The molecule has 0 unspecified atom stereocenters. The molecule has 1 amide bonds. The minimum Gasteiger partial charge on any atom is -0.491 e. The molecule has 0 aliphatic carbocycles. The van der Waals surface area contributed by atoms with Crippen LogP contribution >= 0.6 is 22.7 Å². The molecule has 0 aromatic carbocycles. The van der Waals surface area contributed by atoms with E-state index in [0.717, 1.165) is 10.6 Å². The summed E-state index contributed by atoms with van der Waals surface area (Å²) in [5.74, 6) is -0.00138. The summed E-state index contributed by atoms with van der Waals surface area (Å²) in [6.07, 6.45) is 1.54. The number of nitrogens with one attached hydrogen (secondary N) is 1. The van der Waals surface area contributed by atoms with Crippen LogP contribution in [-0.2, 0) is 11.3 Å². The predicted octanol–water partition coefficient (Wildman–Crippen LogP) is 2.99. The largest absolute Gasteiger partial charge is 0.491 e. The summed E-state index contributed by atoms with van der Waals surface area (Å²) in [7, 11) is 1.43. The molecule has 0 fully saturated rings. The first kappa shape index (κ1) is 16.4. The Balaban J connectivity index is 1.71. The molecule has 24 heavy (non-hydrogen) atoms. The average Bonchev–Trinajstić information content (AvgIpc) is 3.21. The number of carbonyl (C=O) groups is 1. The van der Waals surface area contributed by atoms with E-state index in [1.54, 1.807) is 22.8 Å². The fourth-order valence-electron chi connectivity index (χ4n) is 2.16. The number of rotatable bonds is 5. The number of ether oxygens (including phenoxy) is 1. The molecule has 0 saturated carbocycles. The van der Waals surface area contributed by atoms with Crippen molar-refractivity contribution in [1.82, 2.24) is 9.55 Å². The first-order chi connectivity index (χ1) is 11.6. The van der Waals surface area contributed by atoms with Gasteiger partial charge in [0.05, 0.1) is 23.9 Å². The lowest BCUT2D eigenvalue weighted by Crippen LogP contribution is -2.21. The number of thiazole rings is 1. The van der Waals surface area contributed by atoms with Gasteiger partial charge in [-0.15, -0.1) is 22.7 Å². The topological polar surface area (TPSA) is 73.2 Å². The van der Waals surface area contributed by atoms with Crippen molar-refractivity contribution in [2.75, 3.05) is 12.4 Å². The van der Waals surface area contributed by atoms with Gasteiger partial charge in [-0.05, 0) is 18.4 Å². The van der Waals surface area contributed by atoms with E-state index in [4.69, 9.17) is 4.74 Å². The van der Waals surface area contributed by atoms with Crippen LogP contribution in [0, 0.1) is 6.92 Å². The first-order valence-corrected chi connectivity index (χ1v) is 8.87. The van der Waals surface area contributed by atoms with Gasteiger partial charge in [-0.1, -0.05) is 6.07 Å². The number of aryl methyl sites for hydroxylation is 1. The summed E-state index contributed by atoms with van der Waals surface area (Å²) in [5.41, 5.74) is 1.34. The van der Waals surface area contributed by atoms with Crippen molar-refractivity contribution in [1.29, 1.82) is 0 Å². The van der Waals surface area contributed by atoms with E-state index >= 15 is 0 Å². The maximum Gasteiger partial charge on any atom is 0.246 e. The van der Waals surface area contributed by atoms with Crippen molar-refractivity contribution in [3.05, 3.63) is 51.1 Å². The molecule has 0 saturated heterocycles. The number of amides is 1. The van der Waals surface area contributed by atoms with Crippen LogP contribution in [0.1, 0.15) is 5.69 Å². The standard InChI is InChI=1S/C16H15N3O3S2/c1-10-6-12(20)13(22-2)7-19(10)8-15(21)18-16-17-11(9-24-16)14-4-3-5-23-14/h3-7,9H,8H2,1-2H3,(H,17,18,21). The van der Waals surface area contributed by atoms with Gasteiger partial charge in [-0.25, -0.2) is 4.98 Å². The van der Waals surface area contributed by atoms with E-state index in [0.29, 0.717) is 10.8 Å². The van der Waals surface area contributed by atoms with Crippen molar-refractivity contribution < 1.29 is 9.53 Å². The van der Waals surface area contributed by atoms with Gasteiger partial charge in [0.2, 0.25) is 11.3 Å². The quantitative estimate of drug-likeness (QED) is 0.758. The maximum absolute atomic E-state index is 12.2. The zero-order valence-corrected chi connectivity index (χ0v) is 14.7. The molecule has 0 atom stereocenters. The lowest BCUT2D eigenvalue weighted by Gasteiger charge is -2.11. The summed E-state index contributed by atoms with van der Waals surface area (Å²) < 4.78 is 6.68. The van der Waals surface area contributed by atoms with Crippen molar-refractivity contribution in [2.45, 2.75) is 13.5 Å². The van der Waals surface area contributed by atoms with Crippen LogP contribution in [0.25, 0.3) is 10.6 Å². The van der Waals surface area contributed by atoms with Crippen molar-refractivity contribution in [2.24, 2.45) is 0 Å². The molecule has 3 aromatic rings. The molecule has 0 radical (unpaired) electrons. The van der Waals surface area contributed by atoms with Crippen LogP contribution in [-0.4, -0.2) is 22.6 Å². The van der Waals surface area contributed by atoms with Gasteiger partial charge in [0, 0.05) is 17.1 Å². The number of anilines is 1. The van der Waals surface area contributed by atoms with Crippen LogP contribution in [0.3, 0.4) is 0 Å². The van der Waals surface area contributed by atoms with E-state index in [2.05, 4.69) is 10.3 Å². The molecule has 0 bridgehead atoms. The van der Waals surface area contributed by atoms with Gasteiger partial charge in [-0.2, -0.15) is 0 Å². The third-order valence-electron chi connectivity index (χ3n) is 3.37. The third-order valence-corrected chi connectivity index (χ3v) is 5.02. The Morgan fingerprint density at radius 3 is 2.96 bits per heavy atom. The molecule has 3 rings (SSSR count). The normalized spacial score (nSPS) is 10.6. The molecule has 8 heteroatoms. The smallest absolute Gasteiger partial charge is 0.246 e. The van der Waals surface area contributed by atoms with Gasteiger partial charge < -0.3 is 14.6 Å².